The van der Waals surface area contributed by atoms with Gasteiger partial charge in [0, 0.05) is 26.1 Å². The minimum Gasteiger partial charge on any atom is -0.495 e. The van der Waals surface area contributed by atoms with Gasteiger partial charge in [-0.05, 0) is 12.1 Å². The fourth-order valence-electron chi connectivity index (χ4n) is 2.04. The molecular formula is C16H22N4O. The number of benzene rings is 1. The lowest BCUT2D eigenvalue weighted by molar-refractivity contribution is 0.415. The Morgan fingerprint density at radius 1 is 1.19 bits per heavy atom. The van der Waals surface area contributed by atoms with E-state index >= 15 is 0 Å². The van der Waals surface area contributed by atoms with Crippen LogP contribution in [0.3, 0.4) is 0 Å². The fourth-order valence-corrected chi connectivity index (χ4v) is 2.04. The first-order valence-electron chi connectivity index (χ1n) is 7.00. The molecule has 0 aliphatic rings. The number of anilines is 3. The molecule has 0 atom stereocenters. The van der Waals surface area contributed by atoms with Crippen molar-refractivity contribution in [3.05, 3.63) is 36.2 Å². The highest BCUT2D eigenvalue weighted by atomic mass is 16.5. The molecule has 0 saturated heterocycles. The number of nitrogens with zero attached hydrogens (tertiary/aromatic N) is 3. The van der Waals surface area contributed by atoms with Gasteiger partial charge in [-0.25, -0.2) is 9.97 Å². The summed E-state index contributed by atoms with van der Waals surface area (Å²) >= 11 is 0. The minimum atomic E-state index is 0.267. The normalized spacial score (nSPS) is 10.6. The third-order valence-corrected chi connectivity index (χ3v) is 3.29. The van der Waals surface area contributed by atoms with Gasteiger partial charge < -0.3 is 15.0 Å². The molecule has 1 aromatic carbocycles. The number of methoxy groups -OCH3 is 1. The topological polar surface area (TPSA) is 50.3 Å². The van der Waals surface area contributed by atoms with E-state index in [-0.39, 0.29) is 5.92 Å². The van der Waals surface area contributed by atoms with Gasteiger partial charge in [0.1, 0.15) is 23.2 Å². The van der Waals surface area contributed by atoms with Crippen molar-refractivity contribution in [1.29, 1.82) is 0 Å². The van der Waals surface area contributed by atoms with Crippen LogP contribution in [0.2, 0.25) is 0 Å². The molecule has 0 aliphatic heterocycles. The summed E-state index contributed by atoms with van der Waals surface area (Å²) in [5.74, 6) is 3.55. The third kappa shape index (κ3) is 3.24. The predicted molar refractivity (Wildman–Crippen MR) is 86.7 cm³/mol. The summed E-state index contributed by atoms with van der Waals surface area (Å²) in [5, 5.41) is 3.09. The molecule has 0 unspecified atom stereocenters. The molecule has 0 bridgehead atoms. The van der Waals surface area contributed by atoms with Gasteiger partial charge in [0.2, 0.25) is 0 Å². The molecule has 1 aromatic heterocycles. The van der Waals surface area contributed by atoms with Crippen LogP contribution in [0, 0.1) is 0 Å². The van der Waals surface area contributed by atoms with Crippen LogP contribution in [0.4, 0.5) is 17.3 Å². The summed E-state index contributed by atoms with van der Waals surface area (Å²) in [6.45, 7) is 4.17. The quantitative estimate of drug-likeness (QED) is 0.912. The number of nitrogens with one attached hydrogen (secondary N) is 1. The van der Waals surface area contributed by atoms with Crippen molar-refractivity contribution in [3.63, 3.8) is 0 Å². The molecule has 2 rings (SSSR count). The lowest BCUT2D eigenvalue weighted by Gasteiger charge is -2.22. The molecule has 0 spiro atoms. The Morgan fingerprint density at radius 2 is 1.90 bits per heavy atom. The van der Waals surface area contributed by atoms with Crippen LogP contribution in [0.25, 0.3) is 0 Å². The average molecular weight is 286 g/mol. The number of rotatable bonds is 5. The number of para-hydroxylation sites is 2. The van der Waals surface area contributed by atoms with Crippen LogP contribution in [-0.2, 0) is 0 Å². The molecule has 1 N–H and O–H groups in total. The Morgan fingerprint density at radius 3 is 2.52 bits per heavy atom. The monoisotopic (exact) mass is 286 g/mol. The van der Waals surface area contributed by atoms with Gasteiger partial charge in [-0.1, -0.05) is 26.0 Å². The Labute approximate surface area is 126 Å². The van der Waals surface area contributed by atoms with Gasteiger partial charge in [-0.15, -0.1) is 0 Å². The predicted octanol–water partition coefficient (Wildman–Crippen LogP) is 3.42. The summed E-state index contributed by atoms with van der Waals surface area (Å²) in [6, 6.07) is 9.81. The van der Waals surface area contributed by atoms with E-state index in [9.17, 15) is 0 Å². The Balaban J connectivity index is 2.47. The second kappa shape index (κ2) is 6.43. The van der Waals surface area contributed by atoms with Crippen molar-refractivity contribution >= 4 is 17.3 Å². The molecule has 0 amide bonds. The Bertz CT molecular complexity index is 613. The van der Waals surface area contributed by atoms with Crippen LogP contribution in [-0.4, -0.2) is 31.2 Å². The first kappa shape index (κ1) is 15.1. The van der Waals surface area contributed by atoms with E-state index < -0.39 is 0 Å². The molecular weight excluding hydrogens is 264 g/mol. The summed E-state index contributed by atoms with van der Waals surface area (Å²) in [6.07, 6.45) is 0. The van der Waals surface area contributed by atoms with Crippen molar-refractivity contribution < 1.29 is 4.74 Å². The summed E-state index contributed by atoms with van der Waals surface area (Å²) < 4.78 is 5.42. The van der Waals surface area contributed by atoms with E-state index in [1.54, 1.807) is 7.11 Å². The molecule has 1 heterocycles. The van der Waals surface area contributed by atoms with E-state index in [0.29, 0.717) is 0 Å². The smallest absolute Gasteiger partial charge is 0.142 e. The summed E-state index contributed by atoms with van der Waals surface area (Å²) in [5.41, 5.74) is 0.968. The van der Waals surface area contributed by atoms with Gasteiger partial charge in [-0.2, -0.15) is 0 Å². The molecule has 21 heavy (non-hydrogen) atoms. The van der Waals surface area contributed by atoms with Gasteiger partial charge in [0.05, 0.1) is 12.8 Å². The molecule has 112 valence electrons. The second-order valence-electron chi connectivity index (χ2n) is 5.11. The molecule has 0 fully saturated rings. The minimum absolute atomic E-state index is 0.267. The highest BCUT2D eigenvalue weighted by Crippen LogP contribution is 2.32. The maximum atomic E-state index is 5.42. The van der Waals surface area contributed by atoms with Crippen molar-refractivity contribution in [2.75, 3.05) is 31.4 Å². The lowest BCUT2D eigenvalue weighted by atomic mass is 10.2. The molecule has 5 heteroatoms. The number of ether oxygens (including phenoxy) is 1. The third-order valence-electron chi connectivity index (χ3n) is 3.29. The summed E-state index contributed by atoms with van der Waals surface area (Å²) in [4.78, 5) is 11.1. The van der Waals surface area contributed by atoms with E-state index in [2.05, 4.69) is 29.1 Å². The highest BCUT2D eigenvalue weighted by Gasteiger charge is 2.14. The second-order valence-corrected chi connectivity index (χ2v) is 5.11. The maximum absolute atomic E-state index is 5.42. The van der Waals surface area contributed by atoms with Gasteiger partial charge >= 0.3 is 0 Å². The zero-order valence-electron chi connectivity index (χ0n) is 13.2. The SMILES string of the molecule is CNc1cc(N(C)c2ccccc2OC)nc(C(C)C)n1. The maximum Gasteiger partial charge on any atom is 0.142 e. The largest absolute Gasteiger partial charge is 0.495 e. The van der Waals surface area contributed by atoms with Gasteiger partial charge in [0.15, 0.2) is 0 Å². The van der Waals surface area contributed by atoms with Crippen LogP contribution in [0.15, 0.2) is 30.3 Å². The molecule has 0 aliphatic carbocycles. The van der Waals surface area contributed by atoms with E-state index in [4.69, 9.17) is 4.74 Å². The lowest BCUT2D eigenvalue weighted by Crippen LogP contribution is -2.15. The zero-order valence-corrected chi connectivity index (χ0v) is 13.2. The van der Waals surface area contributed by atoms with Crippen molar-refractivity contribution in [3.8, 4) is 5.75 Å². The van der Waals surface area contributed by atoms with Crippen molar-refractivity contribution in [2.24, 2.45) is 0 Å². The van der Waals surface area contributed by atoms with E-state index in [1.807, 2.05) is 49.3 Å². The standard InChI is InChI=1S/C16H22N4O/c1-11(2)16-18-14(17-3)10-15(19-16)20(4)12-8-6-7-9-13(12)21-5/h6-11H,1-5H3,(H,17,18,19). The van der Waals surface area contributed by atoms with Crippen LogP contribution >= 0.6 is 0 Å². The van der Waals surface area contributed by atoms with Crippen LogP contribution < -0.4 is 15.0 Å². The van der Waals surface area contributed by atoms with E-state index in [1.165, 1.54) is 0 Å². The van der Waals surface area contributed by atoms with Gasteiger partial charge in [-0.3, -0.25) is 0 Å². The molecule has 5 nitrogen and oxygen atoms in total. The Hall–Kier alpha value is -2.30. The van der Waals surface area contributed by atoms with Crippen LogP contribution in [0.5, 0.6) is 5.75 Å². The fraction of sp³-hybridized carbons (Fsp3) is 0.375. The average Bonchev–Trinajstić information content (AvgIpc) is 2.53. The van der Waals surface area contributed by atoms with Crippen molar-refractivity contribution in [1.82, 2.24) is 9.97 Å². The zero-order chi connectivity index (χ0) is 15.4. The van der Waals surface area contributed by atoms with E-state index in [0.717, 1.165) is 28.9 Å². The number of hydrogen-bond donors (Lipinski definition) is 1. The number of hydrogen-bond acceptors (Lipinski definition) is 5. The molecule has 2 aromatic rings. The van der Waals surface area contributed by atoms with Crippen molar-refractivity contribution in [2.45, 2.75) is 19.8 Å². The van der Waals surface area contributed by atoms with Gasteiger partial charge in [0.25, 0.3) is 0 Å². The number of aromatic nitrogens is 2. The first-order valence-corrected chi connectivity index (χ1v) is 7.00. The Kier molecular flexibility index (Phi) is 4.62. The molecule has 0 saturated carbocycles. The highest BCUT2D eigenvalue weighted by molar-refractivity contribution is 5.67. The molecule has 0 radical (unpaired) electrons. The van der Waals surface area contributed by atoms with Crippen LogP contribution in [0.1, 0.15) is 25.6 Å². The first-order chi connectivity index (χ1) is 10.1. The summed E-state index contributed by atoms with van der Waals surface area (Å²) in [7, 11) is 5.51.